The summed E-state index contributed by atoms with van der Waals surface area (Å²) < 4.78 is 5.56. The zero-order valence-corrected chi connectivity index (χ0v) is 15.1. The van der Waals surface area contributed by atoms with E-state index in [9.17, 15) is 10.1 Å². The minimum atomic E-state index is -0.341. The van der Waals surface area contributed by atoms with Gasteiger partial charge in [-0.3, -0.25) is 10.1 Å². The maximum absolute atomic E-state index is 11.7. The van der Waals surface area contributed by atoms with Crippen molar-refractivity contribution in [1.29, 1.82) is 0 Å². The molecule has 6 heteroatoms. The molecule has 4 rings (SSSR count). The Morgan fingerprint density at radius 2 is 2.08 bits per heavy atom. The van der Waals surface area contributed by atoms with Crippen molar-refractivity contribution in [3.05, 3.63) is 74.8 Å². The molecule has 0 saturated carbocycles. The van der Waals surface area contributed by atoms with E-state index in [4.69, 9.17) is 16.3 Å². The SMILES string of the molecule is CCOc1cc2c(c([N+](=O)[O-])c1)N[C@@H](c1ccc(Cl)cc1)[C@@H]1CC=C[C@@H]21. The van der Waals surface area contributed by atoms with Gasteiger partial charge in [0.05, 0.1) is 23.6 Å². The third-order valence-corrected chi connectivity index (χ3v) is 5.41. The fourth-order valence-corrected chi connectivity index (χ4v) is 4.17. The van der Waals surface area contributed by atoms with Gasteiger partial charge in [0.25, 0.3) is 5.69 Å². The number of hydrogen-bond donors (Lipinski definition) is 1. The van der Waals surface area contributed by atoms with Crippen molar-refractivity contribution in [1.82, 2.24) is 0 Å². The van der Waals surface area contributed by atoms with Crippen molar-refractivity contribution < 1.29 is 9.66 Å². The lowest BCUT2D eigenvalue weighted by Crippen LogP contribution is -2.29. The van der Waals surface area contributed by atoms with E-state index < -0.39 is 0 Å². The molecule has 5 nitrogen and oxygen atoms in total. The number of allylic oxidation sites excluding steroid dienone is 2. The Bertz CT molecular complexity index is 879. The summed E-state index contributed by atoms with van der Waals surface area (Å²) in [6.07, 6.45) is 5.25. The number of rotatable bonds is 4. The molecule has 134 valence electrons. The molecular weight excluding hydrogens is 352 g/mol. The maximum Gasteiger partial charge on any atom is 0.296 e. The monoisotopic (exact) mass is 370 g/mol. The van der Waals surface area contributed by atoms with E-state index in [2.05, 4.69) is 17.5 Å². The molecule has 2 aliphatic rings. The van der Waals surface area contributed by atoms with E-state index in [0.29, 0.717) is 29.0 Å². The fraction of sp³-hybridized carbons (Fsp3) is 0.300. The molecule has 0 unspecified atom stereocenters. The molecule has 0 saturated heterocycles. The van der Waals surface area contributed by atoms with Gasteiger partial charge in [-0.25, -0.2) is 0 Å². The molecule has 2 aromatic carbocycles. The third kappa shape index (κ3) is 2.82. The summed E-state index contributed by atoms with van der Waals surface area (Å²) in [5.74, 6) is 0.981. The smallest absolute Gasteiger partial charge is 0.296 e. The van der Waals surface area contributed by atoms with Crippen molar-refractivity contribution in [3.63, 3.8) is 0 Å². The summed E-state index contributed by atoms with van der Waals surface area (Å²) >= 11 is 6.02. The Kier molecular flexibility index (Phi) is 4.32. The highest BCUT2D eigenvalue weighted by molar-refractivity contribution is 6.30. The van der Waals surface area contributed by atoms with Crippen LogP contribution in [0.1, 0.15) is 36.4 Å². The van der Waals surface area contributed by atoms with Gasteiger partial charge in [0.2, 0.25) is 0 Å². The van der Waals surface area contributed by atoms with Crippen LogP contribution in [0.5, 0.6) is 5.75 Å². The fourth-order valence-electron chi connectivity index (χ4n) is 4.05. The first-order valence-electron chi connectivity index (χ1n) is 8.72. The number of ether oxygens (including phenoxy) is 1. The average molecular weight is 371 g/mol. The number of halogens is 1. The quantitative estimate of drug-likeness (QED) is 0.440. The van der Waals surface area contributed by atoms with Gasteiger partial charge in [0.1, 0.15) is 11.4 Å². The molecular formula is C20H19ClN2O3. The van der Waals surface area contributed by atoms with Crippen molar-refractivity contribution in [2.45, 2.75) is 25.3 Å². The second kappa shape index (κ2) is 6.65. The van der Waals surface area contributed by atoms with Crippen LogP contribution in [0.4, 0.5) is 11.4 Å². The first-order valence-corrected chi connectivity index (χ1v) is 9.10. The largest absolute Gasteiger partial charge is 0.494 e. The van der Waals surface area contributed by atoms with E-state index >= 15 is 0 Å². The van der Waals surface area contributed by atoms with Gasteiger partial charge in [-0.15, -0.1) is 0 Å². The van der Waals surface area contributed by atoms with Gasteiger partial charge >= 0.3 is 0 Å². The van der Waals surface area contributed by atoms with E-state index in [-0.39, 0.29) is 22.6 Å². The molecule has 0 fully saturated rings. The zero-order valence-electron chi connectivity index (χ0n) is 14.3. The molecule has 3 atom stereocenters. The van der Waals surface area contributed by atoms with Crippen LogP contribution in [0.25, 0.3) is 0 Å². The summed E-state index contributed by atoms with van der Waals surface area (Å²) in [4.78, 5) is 11.3. The van der Waals surface area contributed by atoms with Gasteiger partial charge in [0, 0.05) is 10.9 Å². The zero-order chi connectivity index (χ0) is 18.3. The lowest BCUT2D eigenvalue weighted by atomic mass is 9.76. The maximum atomic E-state index is 11.7. The minimum Gasteiger partial charge on any atom is -0.494 e. The molecule has 26 heavy (non-hydrogen) atoms. The first-order chi connectivity index (χ1) is 12.6. The average Bonchev–Trinajstić information content (AvgIpc) is 3.11. The molecule has 1 N–H and O–H groups in total. The number of anilines is 1. The van der Waals surface area contributed by atoms with Crippen LogP contribution in [-0.2, 0) is 0 Å². The lowest BCUT2D eigenvalue weighted by molar-refractivity contribution is -0.384. The number of fused-ring (bicyclic) bond motifs is 3. The second-order valence-electron chi connectivity index (χ2n) is 6.62. The Morgan fingerprint density at radius 1 is 1.31 bits per heavy atom. The highest BCUT2D eigenvalue weighted by atomic mass is 35.5. The van der Waals surface area contributed by atoms with Crippen molar-refractivity contribution >= 4 is 23.0 Å². The Balaban J connectivity index is 1.83. The normalized spacial score (nSPS) is 23.1. The number of nitrogens with zero attached hydrogens (tertiary/aromatic N) is 1. The number of nitro benzene ring substituents is 1. The van der Waals surface area contributed by atoms with Crippen LogP contribution >= 0.6 is 11.6 Å². The number of nitro groups is 1. The minimum absolute atomic E-state index is 0.00332. The van der Waals surface area contributed by atoms with Gasteiger partial charge < -0.3 is 10.1 Å². The van der Waals surface area contributed by atoms with Crippen LogP contribution < -0.4 is 10.1 Å². The van der Waals surface area contributed by atoms with E-state index in [1.807, 2.05) is 37.3 Å². The third-order valence-electron chi connectivity index (χ3n) is 5.16. The lowest BCUT2D eigenvalue weighted by Gasteiger charge is -2.37. The van der Waals surface area contributed by atoms with E-state index in [0.717, 1.165) is 17.5 Å². The van der Waals surface area contributed by atoms with Crippen molar-refractivity contribution in [2.75, 3.05) is 11.9 Å². The van der Waals surface area contributed by atoms with E-state index in [1.165, 1.54) is 6.07 Å². The summed E-state index contributed by atoms with van der Waals surface area (Å²) in [5.41, 5.74) is 2.67. The molecule has 0 bridgehead atoms. The number of hydrogen-bond acceptors (Lipinski definition) is 4. The summed E-state index contributed by atoms with van der Waals surface area (Å²) in [6.45, 7) is 2.35. The number of nitrogens with one attached hydrogen (secondary N) is 1. The molecule has 1 aliphatic heterocycles. The van der Waals surface area contributed by atoms with Crippen molar-refractivity contribution in [3.8, 4) is 5.75 Å². The summed E-state index contributed by atoms with van der Waals surface area (Å²) in [6, 6.07) is 11.1. The summed E-state index contributed by atoms with van der Waals surface area (Å²) in [5, 5.41) is 15.8. The Morgan fingerprint density at radius 3 is 2.77 bits per heavy atom. The number of benzene rings is 2. The molecule has 0 amide bonds. The van der Waals surface area contributed by atoms with Crippen LogP contribution in [0.2, 0.25) is 5.02 Å². The Labute approximate surface area is 156 Å². The topological polar surface area (TPSA) is 64.4 Å². The van der Waals surface area contributed by atoms with Crippen LogP contribution in [0, 0.1) is 16.0 Å². The van der Waals surface area contributed by atoms with Crippen LogP contribution in [-0.4, -0.2) is 11.5 Å². The van der Waals surface area contributed by atoms with Crippen molar-refractivity contribution in [2.24, 2.45) is 5.92 Å². The predicted octanol–water partition coefficient (Wildman–Crippen LogP) is 5.47. The Hall–Kier alpha value is -2.53. The predicted molar refractivity (Wildman–Crippen MR) is 102 cm³/mol. The highest BCUT2D eigenvalue weighted by Crippen LogP contribution is 2.53. The standard InChI is InChI=1S/C20H19ClN2O3/c1-2-26-14-10-17-15-4-3-5-16(15)19(12-6-8-13(21)9-7-12)22-20(17)18(11-14)23(24)25/h3-4,6-11,15-16,19,22H,2,5H2,1H3/t15-,16-,19+/m1/s1. The van der Waals surface area contributed by atoms with Gasteiger partial charge in [-0.05, 0) is 48.6 Å². The molecule has 0 radical (unpaired) electrons. The van der Waals surface area contributed by atoms with Gasteiger partial charge in [-0.1, -0.05) is 35.9 Å². The van der Waals surface area contributed by atoms with Crippen LogP contribution in [0.15, 0.2) is 48.6 Å². The molecule has 1 aliphatic carbocycles. The van der Waals surface area contributed by atoms with Crippen LogP contribution in [0.3, 0.4) is 0 Å². The molecule has 0 spiro atoms. The molecule has 0 aromatic heterocycles. The second-order valence-corrected chi connectivity index (χ2v) is 7.06. The first kappa shape index (κ1) is 16.9. The highest BCUT2D eigenvalue weighted by Gasteiger charge is 2.41. The van der Waals surface area contributed by atoms with Gasteiger partial charge in [-0.2, -0.15) is 0 Å². The van der Waals surface area contributed by atoms with E-state index in [1.54, 1.807) is 0 Å². The molecule has 1 heterocycles. The van der Waals surface area contributed by atoms with Gasteiger partial charge in [0.15, 0.2) is 0 Å². The molecule has 2 aromatic rings. The summed E-state index contributed by atoms with van der Waals surface area (Å²) in [7, 11) is 0.